The summed E-state index contributed by atoms with van der Waals surface area (Å²) in [6, 6.07) is 20.2. The van der Waals surface area contributed by atoms with Gasteiger partial charge in [0.1, 0.15) is 11.6 Å². The number of aromatic nitrogens is 3. The van der Waals surface area contributed by atoms with Gasteiger partial charge in [0.25, 0.3) is 0 Å². The molecule has 0 radical (unpaired) electrons. The number of para-hydroxylation sites is 1. The molecule has 0 bridgehead atoms. The maximum atomic E-state index is 10.3. The van der Waals surface area contributed by atoms with Crippen LogP contribution in [0.5, 0.6) is 5.75 Å². The van der Waals surface area contributed by atoms with Gasteiger partial charge in [0.05, 0.1) is 16.4 Å². The van der Waals surface area contributed by atoms with Gasteiger partial charge in [-0.05, 0) is 46.5 Å². The monoisotopic (exact) mass is 519 g/mol. The third kappa shape index (κ3) is 4.68. The normalized spacial score (nSPS) is 15.4. The van der Waals surface area contributed by atoms with Crippen LogP contribution in [0, 0.1) is 0 Å². The Hall–Kier alpha value is -2.90. The van der Waals surface area contributed by atoms with Crippen molar-refractivity contribution in [1.29, 1.82) is 0 Å². The number of phenols is 1. The molecule has 176 valence electrons. The number of nitrogens with one attached hydrogen (secondary N) is 2. The first-order valence-corrected chi connectivity index (χ1v) is 12.8. The van der Waals surface area contributed by atoms with Crippen molar-refractivity contribution in [3.8, 4) is 17.0 Å². The van der Waals surface area contributed by atoms with Gasteiger partial charge in [0.15, 0.2) is 5.65 Å². The zero-order valence-electron chi connectivity index (χ0n) is 19.2. The van der Waals surface area contributed by atoms with Crippen LogP contribution in [0.25, 0.3) is 16.9 Å². The van der Waals surface area contributed by atoms with Crippen LogP contribution < -0.4 is 10.6 Å². The lowest BCUT2D eigenvalue weighted by Crippen LogP contribution is -2.41. The van der Waals surface area contributed by atoms with Crippen LogP contribution in [0.4, 0.5) is 5.82 Å². The van der Waals surface area contributed by atoms with Crippen molar-refractivity contribution in [3.63, 3.8) is 0 Å². The van der Waals surface area contributed by atoms with Crippen LogP contribution in [-0.2, 0) is 5.41 Å². The van der Waals surface area contributed by atoms with Gasteiger partial charge in [-0.2, -0.15) is 9.61 Å². The molecule has 0 spiro atoms. The van der Waals surface area contributed by atoms with Crippen LogP contribution in [0.3, 0.4) is 0 Å². The molecule has 3 N–H and O–H groups in total. The SMILES string of the molecule is Oc1ccccc1-c1cc(NCCNCC2(c3ccccc3)CCCCC2)n2ncc(Br)c2n1. The Bertz CT molecular complexity index is 1250. The van der Waals surface area contributed by atoms with E-state index in [4.69, 9.17) is 4.98 Å². The smallest absolute Gasteiger partial charge is 0.172 e. The minimum absolute atomic E-state index is 0.210. The molecular formula is C27H30BrN5O. The first kappa shape index (κ1) is 22.9. The number of anilines is 1. The Kier molecular flexibility index (Phi) is 6.83. The maximum absolute atomic E-state index is 10.3. The lowest BCUT2D eigenvalue weighted by molar-refractivity contribution is 0.281. The molecule has 0 saturated heterocycles. The minimum atomic E-state index is 0.210. The van der Waals surface area contributed by atoms with Gasteiger partial charge in [-0.25, -0.2) is 4.98 Å². The number of hydrogen-bond donors (Lipinski definition) is 3. The molecule has 1 aliphatic rings. The van der Waals surface area contributed by atoms with Crippen molar-refractivity contribution in [1.82, 2.24) is 19.9 Å². The fourth-order valence-electron chi connectivity index (χ4n) is 5.08. The summed E-state index contributed by atoms with van der Waals surface area (Å²) in [7, 11) is 0. The number of hydrogen-bond acceptors (Lipinski definition) is 5. The summed E-state index contributed by atoms with van der Waals surface area (Å²) >= 11 is 3.54. The molecule has 1 aliphatic carbocycles. The molecule has 1 fully saturated rings. The third-order valence-corrected chi connectivity index (χ3v) is 7.44. The number of phenolic OH excluding ortho intramolecular Hbond substituents is 1. The fourth-order valence-corrected chi connectivity index (χ4v) is 5.43. The van der Waals surface area contributed by atoms with Crippen molar-refractivity contribution >= 4 is 27.4 Å². The number of rotatable bonds is 8. The van der Waals surface area contributed by atoms with Gasteiger partial charge in [-0.15, -0.1) is 0 Å². The second-order valence-corrected chi connectivity index (χ2v) is 9.94. The summed E-state index contributed by atoms with van der Waals surface area (Å²) in [5.41, 5.74) is 3.80. The Morgan fingerprint density at radius 2 is 1.74 bits per heavy atom. The molecular weight excluding hydrogens is 490 g/mol. The Balaban J connectivity index is 1.28. The van der Waals surface area contributed by atoms with Crippen molar-refractivity contribution in [2.45, 2.75) is 37.5 Å². The summed E-state index contributed by atoms with van der Waals surface area (Å²) in [4.78, 5) is 4.71. The molecule has 5 rings (SSSR count). The third-order valence-electron chi connectivity index (χ3n) is 6.88. The number of nitrogens with zero attached hydrogens (tertiary/aromatic N) is 3. The predicted octanol–water partition coefficient (Wildman–Crippen LogP) is 5.77. The van der Waals surface area contributed by atoms with Gasteiger partial charge in [0, 0.05) is 36.7 Å². The molecule has 0 atom stereocenters. The highest BCUT2D eigenvalue weighted by atomic mass is 79.9. The van der Waals surface area contributed by atoms with Gasteiger partial charge < -0.3 is 15.7 Å². The molecule has 0 amide bonds. The predicted molar refractivity (Wildman–Crippen MR) is 140 cm³/mol. The van der Waals surface area contributed by atoms with E-state index in [0.717, 1.165) is 29.9 Å². The average Bonchev–Trinajstić information content (AvgIpc) is 3.26. The van der Waals surface area contributed by atoms with Crippen LogP contribution in [0.2, 0.25) is 0 Å². The largest absolute Gasteiger partial charge is 0.507 e. The molecule has 2 aromatic carbocycles. The highest BCUT2D eigenvalue weighted by Gasteiger charge is 2.33. The Morgan fingerprint density at radius 1 is 0.971 bits per heavy atom. The number of benzene rings is 2. The summed E-state index contributed by atoms with van der Waals surface area (Å²) in [6.45, 7) is 2.58. The van der Waals surface area contributed by atoms with Gasteiger partial charge in [0.2, 0.25) is 0 Å². The molecule has 4 aromatic rings. The molecule has 2 aromatic heterocycles. The van der Waals surface area contributed by atoms with Crippen molar-refractivity contribution in [2.75, 3.05) is 25.0 Å². The molecule has 0 unspecified atom stereocenters. The van der Waals surface area contributed by atoms with Gasteiger partial charge in [-0.3, -0.25) is 0 Å². The zero-order chi connectivity index (χ0) is 23.4. The van der Waals surface area contributed by atoms with Crippen molar-refractivity contribution in [2.24, 2.45) is 0 Å². The quantitative estimate of drug-likeness (QED) is 0.258. The summed E-state index contributed by atoms with van der Waals surface area (Å²) in [5.74, 6) is 1.05. The number of aromatic hydroxyl groups is 1. The fraction of sp³-hybridized carbons (Fsp3) is 0.333. The second kappa shape index (κ2) is 10.2. The molecule has 34 heavy (non-hydrogen) atoms. The van der Waals surface area contributed by atoms with E-state index in [1.165, 1.54) is 37.7 Å². The highest BCUT2D eigenvalue weighted by molar-refractivity contribution is 9.10. The Morgan fingerprint density at radius 3 is 2.53 bits per heavy atom. The van der Waals surface area contributed by atoms with E-state index in [1.807, 2.05) is 24.3 Å². The molecule has 0 aliphatic heterocycles. The molecule has 1 saturated carbocycles. The summed E-state index contributed by atoms with van der Waals surface area (Å²) in [5, 5.41) is 22.0. The van der Waals surface area contributed by atoms with Gasteiger partial charge >= 0.3 is 0 Å². The van der Waals surface area contributed by atoms with E-state index in [-0.39, 0.29) is 11.2 Å². The summed E-state index contributed by atoms with van der Waals surface area (Å²) < 4.78 is 2.60. The van der Waals surface area contributed by atoms with E-state index in [2.05, 4.69) is 62.0 Å². The summed E-state index contributed by atoms with van der Waals surface area (Å²) in [6.07, 6.45) is 8.17. The van der Waals surface area contributed by atoms with E-state index < -0.39 is 0 Å². The standard InChI is InChI=1S/C27H30BrN5O/c28-22-18-31-33-25(17-23(32-26(22)33)21-11-5-6-12-24(21)34)30-16-15-29-19-27(13-7-2-8-14-27)20-9-3-1-4-10-20/h1,3-6,9-12,17-18,29-30,34H,2,7-8,13-16,19H2. The van der Waals surface area contributed by atoms with E-state index in [1.54, 1.807) is 16.8 Å². The van der Waals surface area contributed by atoms with Crippen LogP contribution in [0.15, 0.2) is 71.3 Å². The van der Waals surface area contributed by atoms with Crippen LogP contribution in [0.1, 0.15) is 37.7 Å². The second-order valence-electron chi connectivity index (χ2n) is 9.08. The molecule has 7 heteroatoms. The lowest BCUT2D eigenvalue weighted by atomic mass is 9.69. The molecule has 2 heterocycles. The first-order chi connectivity index (χ1) is 16.7. The topological polar surface area (TPSA) is 74.5 Å². The van der Waals surface area contributed by atoms with Crippen LogP contribution in [-0.4, -0.2) is 39.3 Å². The lowest BCUT2D eigenvalue weighted by Gasteiger charge is -2.38. The van der Waals surface area contributed by atoms with E-state index in [9.17, 15) is 5.11 Å². The first-order valence-electron chi connectivity index (χ1n) is 12.0. The Labute approximate surface area is 208 Å². The average molecular weight is 520 g/mol. The van der Waals surface area contributed by atoms with E-state index in [0.29, 0.717) is 16.9 Å². The number of halogens is 1. The van der Waals surface area contributed by atoms with Crippen molar-refractivity contribution in [3.05, 3.63) is 76.9 Å². The maximum Gasteiger partial charge on any atom is 0.172 e. The van der Waals surface area contributed by atoms with Crippen molar-refractivity contribution < 1.29 is 5.11 Å². The van der Waals surface area contributed by atoms with E-state index >= 15 is 0 Å². The minimum Gasteiger partial charge on any atom is -0.507 e. The number of fused-ring (bicyclic) bond motifs is 1. The highest BCUT2D eigenvalue weighted by Crippen LogP contribution is 2.39. The van der Waals surface area contributed by atoms with Gasteiger partial charge in [-0.1, -0.05) is 61.7 Å². The zero-order valence-corrected chi connectivity index (χ0v) is 20.8. The van der Waals surface area contributed by atoms with Crippen LogP contribution >= 0.6 is 15.9 Å². The molecule has 6 nitrogen and oxygen atoms in total.